The van der Waals surface area contributed by atoms with Gasteiger partial charge < -0.3 is 5.11 Å². The molecular formula is C11H8Br2N2O3. The third-order valence-electron chi connectivity index (χ3n) is 2.46. The number of phenolic OH excluding ortho intramolecular Hbond substituents is 1. The van der Waals surface area contributed by atoms with Gasteiger partial charge in [0.1, 0.15) is 11.4 Å². The van der Waals surface area contributed by atoms with E-state index >= 15 is 0 Å². The van der Waals surface area contributed by atoms with Crippen molar-refractivity contribution >= 4 is 49.9 Å². The van der Waals surface area contributed by atoms with Crippen molar-refractivity contribution in [2.45, 2.75) is 0 Å². The molecule has 7 heteroatoms. The second-order valence-corrected chi connectivity index (χ2v) is 5.39. The highest BCUT2D eigenvalue weighted by Crippen LogP contribution is 2.34. The van der Waals surface area contributed by atoms with Gasteiger partial charge in [-0.05, 0) is 55.6 Å². The molecule has 1 fully saturated rings. The molecule has 1 aliphatic rings. The fourth-order valence-electron chi connectivity index (χ4n) is 1.50. The van der Waals surface area contributed by atoms with Crippen LogP contribution >= 0.6 is 31.9 Å². The van der Waals surface area contributed by atoms with Crippen molar-refractivity contribution < 1.29 is 14.7 Å². The van der Waals surface area contributed by atoms with Crippen LogP contribution in [0.15, 0.2) is 26.8 Å². The van der Waals surface area contributed by atoms with E-state index in [0.717, 1.165) is 0 Å². The first-order valence-corrected chi connectivity index (χ1v) is 6.47. The first-order valence-electron chi connectivity index (χ1n) is 4.89. The summed E-state index contributed by atoms with van der Waals surface area (Å²) in [6.07, 6.45) is 1.56. The highest BCUT2D eigenvalue weighted by atomic mass is 79.9. The van der Waals surface area contributed by atoms with E-state index in [9.17, 15) is 14.7 Å². The molecule has 1 saturated heterocycles. The molecule has 5 nitrogen and oxygen atoms in total. The van der Waals surface area contributed by atoms with Crippen LogP contribution in [0, 0.1) is 0 Å². The van der Waals surface area contributed by atoms with E-state index in [0.29, 0.717) is 14.5 Å². The number of nitrogens with one attached hydrogen (secondary N) is 1. The SMILES string of the molecule is CN1C(=O)NC(=O)/C1=C/c1cc(Br)c(O)c(Br)c1. The van der Waals surface area contributed by atoms with Gasteiger partial charge in [0.2, 0.25) is 0 Å². The third kappa shape index (κ3) is 2.28. The van der Waals surface area contributed by atoms with Crippen LogP contribution in [0.25, 0.3) is 6.08 Å². The highest BCUT2D eigenvalue weighted by molar-refractivity contribution is 9.11. The molecule has 1 aliphatic heterocycles. The Labute approximate surface area is 120 Å². The van der Waals surface area contributed by atoms with Crippen LogP contribution in [-0.2, 0) is 4.79 Å². The average molecular weight is 376 g/mol. The Balaban J connectivity index is 2.45. The Morgan fingerprint density at radius 3 is 2.28 bits per heavy atom. The zero-order chi connectivity index (χ0) is 13.4. The number of halogens is 2. The number of imide groups is 1. The van der Waals surface area contributed by atoms with Crippen molar-refractivity contribution in [3.05, 3.63) is 32.3 Å². The molecule has 1 heterocycles. The van der Waals surface area contributed by atoms with E-state index in [1.807, 2.05) is 0 Å². The maximum atomic E-state index is 11.5. The van der Waals surface area contributed by atoms with Crippen molar-refractivity contribution in [3.8, 4) is 5.75 Å². The van der Waals surface area contributed by atoms with Gasteiger partial charge in [-0.25, -0.2) is 4.79 Å². The molecule has 0 spiro atoms. The van der Waals surface area contributed by atoms with E-state index in [1.54, 1.807) is 18.2 Å². The number of aromatic hydroxyl groups is 1. The van der Waals surface area contributed by atoms with Gasteiger partial charge in [-0.2, -0.15) is 0 Å². The molecule has 0 aliphatic carbocycles. The number of nitrogens with zero attached hydrogens (tertiary/aromatic N) is 1. The maximum Gasteiger partial charge on any atom is 0.328 e. The Bertz CT molecular complexity index is 561. The lowest BCUT2D eigenvalue weighted by molar-refractivity contribution is -0.115. The summed E-state index contributed by atoms with van der Waals surface area (Å²) in [5.74, 6) is -0.361. The largest absolute Gasteiger partial charge is 0.506 e. The molecule has 0 aromatic heterocycles. The minimum atomic E-state index is -0.455. The molecule has 0 unspecified atom stereocenters. The summed E-state index contributed by atoms with van der Waals surface area (Å²) in [5.41, 5.74) is 0.933. The Kier molecular flexibility index (Phi) is 3.45. The normalized spacial score (nSPS) is 17.5. The molecule has 94 valence electrons. The summed E-state index contributed by atoms with van der Waals surface area (Å²) in [4.78, 5) is 24.0. The average Bonchev–Trinajstić information content (AvgIpc) is 2.53. The monoisotopic (exact) mass is 374 g/mol. The maximum absolute atomic E-state index is 11.5. The van der Waals surface area contributed by atoms with Crippen molar-refractivity contribution in [1.29, 1.82) is 0 Å². The Morgan fingerprint density at radius 1 is 1.28 bits per heavy atom. The number of hydrogen-bond donors (Lipinski definition) is 2. The van der Waals surface area contributed by atoms with E-state index in [4.69, 9.17) is 0 Å². The molecule has 0 saturated carbocycles. The van der Waals surface area contributed by atoms with Crippen LogP contribution in [-0.4, -0.2) is 29.0 Å². The molecule has 0 bridgehead atoms. The zero-order valence-corrected chi connectivity index (χ0v) is 12.4. The van der Waals surface area contributed by atoms with Crippen LogP contribution in [0.4, 0.5) is 4.79 Å². The van der Waals surface area contributed by atoms with E-state index in [1.165, 1.54) is 11.9 Å². The number of benzene rings is 1. The van der Waals surface area contributed by atoms with Gasteiger partial charge in [0.05, 0.1) is 8.95 Å². The van der Waals surface area contributed by atoms with Gasteiger partial charge in [0, 0.05) is 7.05 Å². The smallest absolute Gasteiger partial charge is 0.328 e. The number of rotatable bonds is 1. The van der Waals surface area contributed by atoms with E-state index in [2.05, 4.69) is 37.2 Å². The molecule has 3 amide bonds. The number of urea groups is 1. The summed E-state index contributed by atoms with van der Waals surface area (Å²) in [5, 5.41) is 11.8. The minimum Gasteiger partial charge on any atom is -0.506 e. The number of carbonyl (C=O) groups excluding carboxylic acids is 2. The van der Waals surface area contributed by atoms with Gasteiger partial charge >= 0.3 is 6.03 Å². The molecule has 2 rings (SSSR count). The Morgan fingerprint density at radius 2 is 1.83 bits per heavy atom. The fourth-order valence-corrected chi connectivity index (χ4v) is 2.72. The van der Waals surface area contributed by atoms with Crippen molar-refractivity contribution in [1.82, 2.24) is 10.2 Å². The predicted molar refractivity (Wildman–Crippen MR) is 72.8 cm³/mol. The third-order valence-corrected chi connectivity index (χ3v) is 3.67. The summed E-state index contributed by atoms with van der Waals surface area (Å²) >= 11 is 6.40. The fraction of sp³-hybridized carbons (Fsp3) is 0.0909. The van der Waals surface area contributed by atoms with Gasteiger partial charge in [-0.1, -0.05) is 0 Å². The van der Waals surface area contributed by atoms with Crippen LogP contribution in [0.5, 0.6) is 5.75 Å². The topological polar surface area (TPSA) is 69.6 Å². The number of amides is 3. The summed E-state index contributed by atoms with van der Waals surface area (Å²) in [6.45, 7) is 0. The number of hydrogen-bond acceptors (Lipinski definition) is 3. The van der Waals surface area contributed by atoms with Gasteiger partial charge in [0.25, 0.3) is 5.91 Å². The lowest BCUT2D eigenvalue weighted by Crippen LogP contribution is -2.24. The summed E-state index contributed by atoms with van der Waals surface area (Å²) in [7, 11) is 1.51. The van der Waals surface area contributed by atoms with Gasteiger partial charge in [0.15, 0.2) is 0 Å². The molecule has 0 atom stereocenters. The molecule has 1 aromatic rings. The van der Waals surface area contributed by atoms with Crippen molar-refractivity contribution in [3.63, 3.8) is 0 Å². The minimum absolute atomic E-state index is 0.0810. The van der Waals surface area contributed by atoms with Crippen LogP contribution in [0.1, 0.15) is 5.56 Å². The number of carbonyl (C=O) groups is 2. The summed E-state index contributed by atoms with van der Waals surface area (Å²) in [6, 6.07) is 2.84. The van der Waals surface area contributed by atoms with Crippen LogP contribution in [0.2, 0.25) is 0 Å². The van der Waals surface area contributed by atoms with E-state index in [-0.39, 0.29) is 11.4 Å². The first-order chi connectivity index (χ1) is 8.40. The molecule has 1 aromatic carbocycles. The molecular weight excluding hydrogens is 368 g/mol. The van der Waals surface area contributed by atoms with Crippen LogP contribution in [0.3, 0.4) is 0 Å². The standard InChI is InChI=1S/C11H8Br2N2O3/c1-15-8(10(17)14-11(15)18)4-5-2-6(12)9(16)7(13)3-5/h2-4,16H,1H3,(H,14,17,18)/b8-4-. The molecule has 18 heavy (non-hydrogen) atoms. The second kappa shape index (κ2) is 4.74. The molecule has 0 radical (unpaired) electrons. The highest BCUT2D eigenvalue weighted by Gasteiger charge is 2.29. The second-order valence-electron chi connectivity index (χ2n) is 3.68. The van der Waals surface area contributed by atoms with Crippen LogP contribution < -0.4 is 5.32 Å². The summed E-state index contributed by atoms with van der Waals surface area (Å²) < 4.78 is 0.993. The zero-order valence-electron chi connectivity index (χ0n) is 9.20. The molecule has 2 N–H and O–H groups in total. The number of likely N-dealkylation sites (N-methyl/N-ethyl adjacent to an activating group) is 1. The van der Waals surface area contributed by atoms with Gasteiger partial charge in [-0.15, -0.1) is 0 Å². The lowest BCUT2D eigenvalue weighted by atomic mass is 10.2. The predicted octanol–water partition coefficient (Wildman–Crippen LogP) is 2.44. The van der Waals surface area contributed by atoms with E-state index < -0.39 is 11.9 Å². The Hall–Kier alpha value is -1.34. The van der Waals surface area contributed by atoms with Crippen molar-refractivity contribution in [2.24, 2.45) is 0 Å². The van der Waals surface area contributed by atoms with Gasteiger partial charge in [-0.3, -0.25) is 15.0 Å². The lowest BCUT2D eigenvalue weighted by Gasteiger charge is -2.07. The first kappa shape index (κ1) is 13.1. The van der Waals surface area contributed by atoms with Crippen molar-refractivity contribution in [2.75, 3.05) is 7.05 Å². The quantitative estimate of drug-likeness (QED) is 0.585. The number of phenols is 1.